The quantitative estimate of drug-likeness (QED) is 0.283. The van der Waals surface area contributed by atoms with Crippen molar-refractivity contribution in [3.05, 3.63) is 120 Å². The minimum Gasteiger partial charge on any atom is -0.616 e. The van der Waals surface area contributed by atoms with Crippen molar-refractivity contribution in [1.82, 2.24) is 4.65 Å². The fraction of sp³-hybridized carbons (Fsp3) is 0.0400. The summed E-state index contributed by atoms with van der Waals surface area (Å²) in [5.41, 5.74) is 5.54. The van der Waals surface area contributed by atoms with Gasteiger partial charge in [0.1, 0.15) is 17.1 Å². The summed E-state index contributed by atoms with van der Waals surface area (Å²) in [5, 5.41) is 14.1. The molecule has 2 nitrogen and oxygen atoms in total. The van der Waals surface area contributed by atoms with Crippen LogP contribution in [0.3, 0.4) is 0 Å². The van der Waals surface area contributed by atoms with Crippen molar-refractivity contribution in [2.75, 3.05) is 0 Å². The number of rotatable bonds is 4. The van der Waals surface area contributed by atoms with Crippen LogP contribution < -0.4 is 4.65 Å². The first-order valence-corrected chi connectivity index (χ1v) is 9.07. The van der Waals surface area contributed by atoms with Crippen molar-refractivity contribution in [1.29, 1.82) is 0 Å². The van der Waals surface area contributed by atoms with Crippen LogP contribution >= 0.6 is 0 Å². The molecule has 0 bridgehead atoms. The molecule has 27 heavy (non-hydrogen) atoms. The first-order chi connectivity index (χ1) is 13.2. The SMILES string of the molecule is Cc1ccc(-c2ccc([N+]([O-])(c3ccccc3)c3ccccc3)cc2)cc1. The Hall–Kier alpha value is -3.20. The van der Waals surface area contributed by atoms with Crippen molar-refractivity contribution < 1.29 is 0 Å². The highest BCUT2D eigenvalue weighted by Gasteiger charge is 2.26. The molecule has 0 aliphatic rings. The maximum atomic E-state index is 14.1. The third-order valence-electron chi connectivity index (χ3n) is 4.86. The average molecular weight is 351 g/mol. The van der Waals surface area contributed by atoms with Gasteiger partial charge in [0.25, 0.3) is 0 Å². The van der Waals surface area contributed by atoms with Gasteiger partial charge in [-0.1, -0.05) is 66.2 Å². The zero-order valence-electron chi connectivity index (χ0n) is 15.2. The molecule has 0 aliphatic carbocycles. The summed E-state index contributed by atoms with van der Waals surface area (Å²) in [5.74, 6) is 0. The van der Waals surface area contributed by atoms with Gasteiger partial charge >= 0.3 is 0 Å². The van der Waals surface area contributed by atoms with Gasteiger partial charge in [-0.3, -0.25) is 4.65 Å². The van der Waals surface area contributed by atoms with E-state index in [4.69, 9.17) is 0 Å². The number of hydrogen-bond acceptors (Lipinski definition) is 1. The van der Waals surface area contributed by atoms with Crippen LogP contribution in [-0.4, -0.2) is 0 Å². The minimum absolute atomic E-state index is 0.615. The molecule has 132 valence electrons. The van der Waals surface area contributed by atoms with Crippen LogP contribution in [0.25, 0.3) is 11.1 Å². The van der Waals surface area contributed by atoms with E-state index in [9.17, 15) is 5.21 Å². The summed E-state index contributed by atoms with van der Waals surface area (Å²) in [6, 6.07) is 35.4. The number of quaternary nitrogens is 1. The van der Waals surface area contributed by atoms with E-state index in [1.807, 2.05) is 84.9 Å². The lowest BCUT2D eigenvalue weighted by Crippen LogP contribution is -2.31. The van der Waals surface area contributed by atoms with Crippen molar-refractivity contribution in [3.63, 3.8) is 0 Å². The Balaban J connectivity index is 1.80. The molecule has 0 heterocycles. The topological polar surface area (TPSA) is 23.1 Å². The van der Waals surface area contributed by atoms with Gasteiger partial charge in [0.15, 0.2) is 0 Å². The molecule has 4 aromatic rings. The molecule has 4 rings (SSSR count). The second kappa shape index (κ2) is 7.20. The molecule has 0 atom stereocenters. The normalized spacial score (nSPS) is 11.3. The number of para-hydroxylation sites is 2. The van der Waals surface area contributed by atoms with Gasteiger partial charge in [-0.25, -0.2) is 0 Å². The molecule has 4 aromatic carbocycles. The van der Waals surface area contributed by atoms with E-state index in [-0.39, 0.29) is 0 Å². The highest BCUT2D eigenvalue weighted by molar-refractivity contribution is 5.74. The molecule has 0 saturated carbocycles. The van der Waals surface area contributed by atoms with E-state index in [0.29, 0.717) is 17.1 Å². The third-order valence-corrected chi connectivity index (χ3v) is 4.86. The van der Waals surface area contributed by atoms with Gasteiger partial charge in [0.2, 0.25) is 0 Å². The number of aryl methyl sites for hydroxylation is 1. The van der Waals surface area contributed by atoms with Crippen molar-refractivity contribution in [2.45, 2.75) is 6.92 Å². The lowest BCUT2D eigenvalue weighted by atomic mass is 10.0. The smallest absolute Gasteiger partial charge is 0.143 e. The first kappa shape index (κ1) is 17.2. The van der Waals surface area contributed by atoms with E-state index < -0.39 is 4.65 Å². The predicted molar refractivity (Wildman–Crippen MR) is 114 cm³/mol. The maximum Gasteiger partial charge on any atom is 0.143 e. The van der Waals surface area contributed by atoms with E-state index >= 15 is 0 Å². The highest BCUT2D eigenvalue weighted by atomic mass is 16.5. The van der Waals surface area contributed by atoms with E-state index in [1.54, 1.807) is 0 Å². The van der Waals surface area contributed by atoms with Gasteiger partial charge in [-0.05, 0) is 30.2 Å². The summed E-state index contributed by atoms with van der Waals surface area (Å²) < 4.78 is -0.615. The lowest BCUT2D eigenvalue weighted by Gasteiger charge is -2.41. The minimum atomic E-state index is -0.615. The van der Waals surface area contributed by atoms with Gasteiger partial charge in [-0.15, -0.1) is 0 Å². The Bertz CT molecular complexity index is 968. The lowest BCUT2D eigenvalue weighted by molar-refractivity contribution is 0.693. The monoisotopic (exact) mass is 351 g/mol. The fourth-order valence-electron chi connectivity index (χ4n) is 3.33. The molecular weight excluding hydrogens is 330 g/mol. The molecule has 0 aliphatic heterocycles. The van der Waals surface area contributed by atoms with Crippen LogP contribution in [-0.2, 0) is 0 Å². The van der Waals surface area contributed by atoms with Crippen molar-refractivity contribution in [3.8, 4) is 11.1 Å². The zero-order valence-corrected chi connectivity index (χ0v) is 15.2. The molecule has 0 radical (unpaired) electrons. The third kappa shape index (κ3) is 3.28. The molecule has 2 heteroatoms. The zero-order chi connectivity index (χ0) is 18.7. The van der Waals surface area contributed by atoms with Crippen LogP contribution in [0.4, 0.5) is 17.1 Å². The Morgan fingerprint density at radius 3 is 1.30 bits per heavy atom. The summed E-state index contributed by atoms with van der Waals surface area (Å²) in [7, 11) is 0. The first-order valence-electron chi connectivity index (χ1n) is 9.07. The Labute approximate surface area is 160 Å². The fourth-order valence-corrected chi connectivity index (χ4v) is 3.33. The second-order valence-electron chi connectivity index (χ2n) is 6.69. The number of benzene rings is 4. The van der Waals surface area contributed by atoms with E-state index in [2.05, 4.69) is 31.2 Å². The van der Waals surface area contributed by atoms with Crippen LogP contribution in [0.5, 0.6) is 0 Å². The van der Waals surface area contributed by atoms with Crippen LogP contribution in [0.1, 0.15) is 5.56 Å². The molecule has 0 amide bonds. The standard InChI is InChI=1S/C25H21NO/c1-20-12-14-21(15-13-20)22-16-18-25(19-17-22)26(27,23-8-4-2-5-9-23)24-10-6-3-7-11-24/h2-19H,1H3. The van der Waals surface area contributed by atoms with Gasteiger partial charge < -0.3 is 5.21 Å². The Kier molecular flexibility index (Phi) is 4.59. The molecule has 0 unspecified atom stereocenters. The van der Waals surface area contributed by atoms with Gasteiger partial charge in [0.05, 0.1) is 0 Å². The molecule has 0 N–H and O–H groups in total. The van der Waals surface area contributed by atoms with E-state index in [1.165, 1.54) is 5.56 Å². The summed E-state index contributed by atoms with van der Waals surface area (Å²) in [6.45, 7) is 2.08. The largest absolute Gasteiger partial charge is 0.616 e. The summed E-state index contributed by atoms with van der Waals surface area (Å²) in [4.78, 5) is 0. The predicted octanol–water partition coefficient (Wildman–Crippen LogP) is 7.13. The molecule has 0 aromatic heterocycles. The second-order valence-corrected chi connectivity index (χ2v) is 6.69. The number of hydrogen-bond donors (Lipinski definition) is 0. The van der Waals surface area contributed by atoms with Crippen LogP contribution in [0, 0.1) is 12.1 Å². The average Bonchev–Trinajstić information content (AvgIpc) is 2.75. The summed E-state index contributed by atoms with van der Waals surface area (Å²) >= 11 is 0. The molecule has 0 spiro atoms. The number of nitrogens with zero attached hydrogens (tertiary/aromatic N) is 1. The highest BCUT2D eigenvalue weighted by Crippen LogP contribution is 2.42. The van der Waals surface area contributed by atoms with Crippen LogP contribution in [0.15, 0.2) is 109 Å². The van der Waals surface area contributed by atoms with E-state index in [0.717, 1.165) is 11.1 Å². The molecule has 0 fully saturated rings. The van der Waals surface area contributed by atoms with Gasteiger partial charge in [-0.2, -0.15) is 0 Å². The Morgan fingerprint density at radius 2 is 0.852 bits per heavy atom. The maximum absolute atomic E-state index is 14.1. The van der Waals surface area contributed by atoms with Gasteiger partial charge in [0, 0.05) is 36.4 Å². The van der Waals surface area contributed by atoms with Crippen molar-refractivity contribution >= 4 is 17.1 Å². The van der Waals surface area contributed by atoms with Crippen LogP contribution in [0.2, 0.25) is 0 Å². The Morgan fingerprint density at radius 1 is 0.481 bits per heavy atom. The van der Waals surface area contributed by atoms with Crippen molar-refractivity contribution in [2.24, 2.45) is 0 Å². The summed E-state index contributed by atoms with van der Waals surface area (Å²) in [6.07, 6.45) is 0. The molecular formula is C25H21NO. The molecule has 0 saturated heterocycles.